The van der Waals surface area contributed by atoms with E-state index < -0.39 is 0 Å². The molecule has 3 aliphatic rings. The zero-order valence-corrected chi connectivity index (χ0v) is 19.0. The summed E-state index contributed by atoms with van der Waals surface area (Å²) in [7, 11) is 0. The molecular weight excluding hydrogens is 424 g/mol. The number of cyclic esters (lactones) is 1. The molecule has 0 radical (unpaired) electrons. The standard InChI is InChI=1S/C22H28N8O3/c1-3-17-18(23-12-19(25-17)29-14-24-26-27-29)4-7-28-8-5-22(6-9-28)11-15(2)30(21(22)32)16-10-20(31)33-13-16/h10,12,14-15H,3-9,11,13H2,1-2H3/t15-/m0/s1. The van der Waals surface area contributed by atoms with E-state index in [9.17, 15) is 9.59 Å². The minimum Gasteiger partial charge on any atom is -0.456 e. The monoisotopic (exact) mass is 452 g/mol. The Hall–Kier alpha value is -3.21. The van der Waals surface area contributed by atoms with Gasteiger partial charge in [-0.2, -0.15) is 4.68 Å². The van der Waals surface area contributed by atoms with Gasteiger partial charge in [-0.25, -0.2) is 9.78 Å². The number of hydrogen-bond donors (Lipinski definition) is 0. The van der Waals surface area contributed by atoms with Gasteiger partial charge in [-0.15, -0.1) is 5.10 Å². The Morgan fingerprint density at radius 2 is 2.03 bits per heavy atom. The number of likely N-dealkylation sites (tertiary alicyclic amines) is 2. The van der Waals surface area contributed by atoms with Gasteiger partial charge in [0.05, 0.1) is 28.7 Å². The number of rotatable bonds is 6. The van der Waals surface area contributed by atoms with E-state index in [-0.39, 0.29) is 29.9 Å². The lowest BCUT2D eigenvalue weighted by Crippen LogP contribution is -2.45. The van der Waals surface area contributed by atoms with Crippen molar-refractivity contribution in [3.63, 3.8) is 0 Å². The van der Waals surface area contributed by atoms with Gasteiger partial charge >= 0.3 is 5.97 Å². The van der Waals surface area contributed by atoms with Crippen molar-refractivity contribution in [2.75, 3.05) is 26.2 Å². The molecule has 174 valence electrons. The molecule has 11 nitrogen and oxygen atoms in total. The molecule has 2 fully saturated rings. The van der Waals surface area contributed by atoms with Crippen LogP contribution < -0.4 is 0 Å². The molecule has 0 unspecified atom stereocenters. The van der Waals surface area contributed by atoms with Crippen LogP contribution >= 0.6 is 0 Å². The highest BCUT2D eigenvalue weighted by molar-refractivity contribution is 5.91. The normalized spacial score (nSPS) is 22.8. The quantitative estimate of drug-likeness (QED) is 0.583. The van der Waals surface area contributed by atoms with Crippen LogP contribution in [0.5, 0.6) is 0 Å². The Morgan fingerprint density at radius 1 is 1.21 bits per heavy atom. The van der Waals surface area contributed by atoms with Gasteiger partial charge in [0.15, 0.2) is 5.82 Å². The fraction of sp³-hybridized carbons (Fsp3) is 0.591. The maximum atomic E-state index is 13.4. The first-order valence-corrected chi connectivity index (χ1v) is 11.5. The Morgan fingerprint density at radius 3 is 2.70 bits per heavy atom. The van der Waals surface area contributed by atoms with Gasteiger partial charge in [0.25, 0.3) is 0 Å². The summed E-state index contributed by atoms with van der Waals surface area (Å²) in [4.78, 5) is 38.3. The van der Waals surface area contributed by atoms with E-state index in [1.54, 1.807) is 11.1 Å². The van der Waals surface area contributed by atoms with E-state index in [0.717, 1.165) is 63.1 Å². The van der Waals surface area contributed by atoms with E-state index in [1.807, 2.05) is 0 Å². The van der Waals surface area contributed by atoms with Crippen molar-refractivity contribution in [3.8, 4) is 5.82 Å². The van der Waals surface area contributed by atoms with Gasteiger partial charge < -0.3 is 14.5 Å². The molecule has 0 N–H and O–H groups in total. The molecule has 5 heterocycles. The number of nitrogens with zero attached hydrogens (tertiary/aromatic N) is 8. The molecular formula is C22H28N8O3. The number of carbonyl (C=O) groups is 2. The zero-order valence-electron chi connectivity index (χ0n) is 19.0. The number of piperidine rings is 1. The van der Waals surface area contributed by atoms with Crippen LogP contribution in [0.2, 0.25) is 0 Å². The third-order valence-corrected chi connectivity index (χ3v) is 7.07. The van der Waals surface area contributed by atoms with Gasteiger partial charge in [-0.3, -0.25) is 9.78 Å². The number of carbonyl (C=O) groups excluding carboxylic acids is 2. The maximum absolute atomic E-state index is 13.4. The first-order chi connectivity index (χ1) is 16.0. The molecule has 2 aromatic rings. The molecule has 0 saturated carbocycles. The van der Waals surface area contributed by atoms with Crippen LogP contribution in [-0.4, -0.2) is 84.1 Å². The van der Waals surface area contributed by atoms with Crippen molar-refractivity contribution < 1.29 is 14.3 Å². The molecule has 1 amide bonds. The summed E-state index contributed by atoms with van der Waals surface area (Å²) < 4.78 is 6.54. The summed E-state index contributed by atoms with van der Waals surface area (Å²) in [5.74, 6) is 0.404. The number of esters is 1. The molecule has 2 aromatic heterocycles. The number of ether oxygens (including phenoxy) is 1. The summed E-state index contributed by atoms with van der Waals surface area (Å²) in [6, 6.07) is 0.0888. The van der Waals surface area contributed by atoms with Crippen LogP contribution in [0.25, 0.3) is 5.82 Å². The predicted molar refractivity (Wildman–Crippen MR) is 116 cm³/mol. The highest BCUT2D eigenvalue weighted by Gasteiger charge is 2.52. The van der Waals surface area contributed by atoms with Crippen LogP contribution in [0.4, 0.5) is 0 Å². The van der Waals surface area contributed by atoms with Gasteiger partial charge in [0, 0.05) is 25.1 Å². The molecule has 11 heteroatoms. The average Bonchev–Trinajstić information content (AvgIpc) is 3.55. The number of amides is 1. The minimum atomic E-state index is -0.360. The highest BCUT2D eigenvalue weighted by atomic mass is 16.5. The highest BCUT2D eigenvalue weighted by Crippen LogP contribution is 2.46. The molecule has 5 rings (SSSR count). The molecule has 3 aliphatic heterocycles. The fourth-order valence-electron chi connectivity index (χ4n) is 5.31. The summed E-state index contributed by atoms with van der Waals surface area (Å²) >= 11 is 0. The van der Waals surface area contributed by atoms with Crippen LogP contribution in [0.3, 0.4) is 0 Å². The smallest absolute Gasteiger partial charge is 0.333 e. The van der Waals surface area contributed by atoms with Crippen molar-refractivity contribution in [1.29, 1.82) is 0 Å². The number of aryl methyl sites for hydroxylation is 1. The number of hydrogen-bond acceptors (Lipinski definition) is 9. The van der Waals surface area contributed by atoms with Gasteiger partial charge in [0.2, 0.25) is 5.91 Å². The predicted octanol–water partition coefficient (Wildman–Crippen LogP) is 0.701. The number of tetrazole rings is 1. The van der Waals surface area contributed by atoms with Gasteiger partial charge in [-0.1, -0.05) is 6.92 Å². The molecule has 0 aliphatic carbocycles. The second-order valence-electron chi connectivity index (χ2n) is 9.07. The third-order valence-electron chi connectivity index (χ3n) is 7.07. The summed E-state index contributed by atoms with van der Waals surface area (Å²) in [6.45, 7) is 6.95. The van der Waals surface area contributed by atoms with Crippen LogP contribution in [0, 0.1) is 5.41 Å². The van der Waals surface area contributed by atoms with E-state index in [0.29, 0.717) is 11.5 Å². The van der Waals surface area contributed by atoms with Gasteiger partial charge in [0.1, 0.15) is 12.9 Å². The minimum absolute atomic E-state index is 0.0888. The van der Waals surface area contributed by atoms with Gasteiger partial charge in [-0.05, 0) is 56.1 Å². The summed E-state index contributed by atoms with van der Waals surface area (Å²) in [5.41, 5.74) is 2.31. The summed E-state index contributed by atoms with van der Waals surface area (Å²) in [6.07, 6.45) is 8.75. The van der Waals surface area contributed by atoms with E-state index in [4.69, 9.17) is 4.74 Å². The molecule has 1 spiro atoms. The molecule has 0 bridgehead atoms. The molecule has 33 heavy (non-hydrogen) atoms. The largest absolute Gasteiger partial charge is 0.456 e. The lowest BCUT2D eigenvalue weighted by Gasteiger charge is -2.38. The topological polar surface area (TPSA) is 119 Å². The fourth-order valence-corrected chi connectivity index (χ4v) is 5.31. The first kappa shape index (κ1) is 21.6. The average molecular weight is 453 g/mol. The van der Waals surface area contributed by atoms with Crippen LogP contribution in [0.1, 0.15) is 44.5 Å². The zero-order chi connectivity index (χ0) is 23.0. The SMILES string of the molecule is CCc1nc(-n2cnnn2)cnc1CCN1CCC2(CC1)C[C@H](C)N(C1=CC(=O)OC1)C2=O. The first-order valence-electron chi connectivity index (χ1n) is 11.5. The Bertz CT molecular complexity index is 1080. The second kappa shape index (κ2) is 8.62. The lowest BCUT2D eigenvalue weighted by molar-refractivity contribution is -0.138. The van der Waals surface area contributed by atoms with Crippen molar-refractivity contribution >= 4 is 11.9 Å². The van der Waals surface area contributed by atoms with Crippen molar-refractivity contribution in [3.05, 3.63) is 35.7 Å². The molecule has 2 saturated heterocycles. The van der Waals surface area contributed by atoms with Crippen LogP contribution in [-0.2, 0) is 27.2 Å². The Kier molecular flexibility index (Phi) is 5.65. The Balaban J connectivity index is 1.20. The van der Waals surface area contributed by atoms with Crippen molar-refractivity contribution in [2.24, 2.45) is 5.41 Å². The molecule has 0 aromatic carbocycles. The maximum Gasteiger partial charge on any atom is 0.333 e. The van der Waals surface area contributed by atoms with E-state index >= 15 is 0 Å². The Labute approximate surface area is 191 Å². The van der Waals surface area contributed by atoms with Crippen molar-refractivity contribution in [2.45, 2.75) is 52.0 Å². The van der Waals surface area contributed by atoms with Crippen molar-refractivity contribution in [1.82, 2.24) is 40.0 Å². The van der Waals surface area contributed by atoms with E-state index in [1.165, 1.54) is 17.1 Å². The lowest BCUT2D eigenvalue weighted by atomic mass is 9.76. The van der Waals surface area contributed by atoms with Crippen LogP contribution in [0.15, 0.2) is 24.3 Å². The third kappa shape index (κ3) is 4.01. The molecule has 1 atom stereocenters. The van der Waals surface area contributed by atoms with E-state index in [2.05, 4.69) is 44.2 Å². The number of aromatic nitrogens is 6. The summed E-state index contributed by atoms with van der Waals surface area (Å²) in [5, 5.41) is 11.2. The second-order valence-corrected chi connectivity index (χ2v) is 9.07.